The summed E-state index contributed by atoms with van der Waals surface area (Å²) < 4.78 is 4.99. The van der Waals surface area contributed by atoms with E-state index in [1.165, 1.54) is 0 Å². The molecule has 2 atom stereocenters. The minimum Gasteiger partial charge on any atom is -0.465 e. The van der Waals surface area contributed by atoms with Crippen LogP contribution in [0.25, 0.3) is 0 Å². The number of carbonyl (C=O) groups is 1. The highest BCUT2D eigenvalue weighted by Crippen LogP contribution is 2.33. The Morgan fingerprint density at radius 1 is 1.53 bits per heavy atom. The van der Waals surface area contributed by atoms with Gasteiger partial charge in [-0.3, -0.25) is 10.1 Å². The maximum atomic E-state index is 11.6. The Bertz CT molecular complexity index is 396. The number of hydrogen-bond acceptors (Lipinski definition) is 4. The molecule has 1 aliphatic heterocycles. The van der Waals surface area contributed by atoms with E-state index in [4.69, 9.17) is 16.3 Å². The first-order valence-corrected chi connectivity index (χ1v) is 6.93. The van der Waals surface area contributed by atoms with Crippen molar-refractivity contribution in [3.8, 4) is 0 Å². The lowest BCUT2D eigenvalue weighted by Gasteiger charge is -2.12. The van der Waals surface area contributed by atoms with Gasteiger partial charge in [0.1, 0.15) is 6.04 Å². The number of nitrogens with one attached hydrogen (secondary N) is 1. The summed E-state index contributed by atoms with van der Waals surface area (Å²) in [6.45, 7) is 2.24. The zero-order valence-electron chi connectivity index (χ0n) is 9.48. The molecule has 0 saturated carbocycles. The van der Waals surface area contributed by atoms with Crippen molar-refractivity contribution in [1.82, 2.24) is 5.32 Å². The summed E-state index contributed by atoms with van der Waals surface area (Å²) in [4.78, 5) is 11.6. The lowest BCUT2D eigenvalue weighted by molar-refractivity contribution is -0.144. The zero-order chi connectivity index (χ0) is 12.3. The molecule has 1 aliphatic rings. The number of carbonyl (C=O) groups excluding carboxylic acids is 1. The van der Waals surface area contributed by atoms with E-state index < -0.39 is 0 Å². The molecule has 0 aromatic heterocycles. The highest BCUT2D eigenvalue weighted by molar-refractivity contribution is 7.99. The van der Waals surface area contributed by atoms with Crippen LogP contribution in [0, 0.1) is 0 Å². The molecule has 0 aliphatic carbocycles. The third kappa shape index (κ3) is 3.15. The summed E-state index contributed by atoms with van der Waals surface area (Å²) in [6, 6.07) is 7.45. The molecular weight excluding hydrogens is 258 g/mol. The molecule has 1 N–H and O–H groups in total. The molecule has 17 heavy (non-hydrogen) atoms. The highest BCUT2D eigenvalue weighted by Gasteiger charge is 2.31. The number of esters is 1. The summed E-state index contributed by atoms with van der Waals surface area (Å²) in [6.07, 6.45) is 0. The Morgan fingerprint density at radius 3 is 2.88 bits per heavy atom. The van der Waals surface area contributed by atoms with Crippen molar-refractivity contribution >= 4 is 29.3 Å². The van der Waals surface area contributed by atoms with E-state index in [1.807, 2.05) is 31.2 Å². The summed E-state index contributed by atoms with van der Waals surface area (Å²) in [5, 5.41) is 4.12. The SMILES string of the molecule is CCOC(=O)[C@@H]1CSC(c2ccc(Cl)cc2)N1. The Balaban J connectivity index is 1.98. The minimum absolute atomic E-state index is 0.140. The van der Waals surface area contributed by atoms with Gasteiger partial charge in [-0.15, -0.1) is 11.8 Å². The molecule has 0 radical (unpaired) electrons. The van der Waals surface area contributed by atoms with Crippen LogP contribution >= 0.6 is 23.4 Å². The normalized spacial score (nSPS) is 23.6. The van der Waals surface area contributed by atoms with Crippen molar-refractivity contribution in [2.24, 2.45) is 0 Å². The third-order valence-electron chi connectivity index (χ3n) is 2.53. The van der Waals surface area contributed by atoms with Gasteiger partial charge in [0.05, 0.1) is 12.0 Å². The van der Waals surface area contributed by atoms with Crippen LogP contribution in [0.1, 0.15) is 17.9 Å². The number of rotatable bonds is 3. The van der Waals surface area contributed by atoms with Crippen molar-refractivity contribution in [2.75, 3.05) is 12.4 Å². The second kappa shape index (κ2) is 5.76. The first kappa shape index (κ1) is 12.7. The van der Waals surface area contributed by atoms with Crippen LogP contribution in [-0.2, 0) is 9.53 Å². The van der Waals surface area contributed by atoms with E-state index in [0.717, 1.165) is 16.3 Å². The first-order valence-electron chi connectivity index (χ1n) is 5.50. The average molecular weight is 272 g/mol. The molecule has 1 fully saturated rings. The van der Waals surface area contributed by atoms with E-state index in [2.05, 4.69) is 5.32 Å². The molecule has 1 saturated heterocycles. The predicted octanol–water partition coefficient (Wildman–Crippen LogP) is 2.61. The van der Waals surface area contributed by atoms with E-state index in [-0.39, 0.29) is 17.4 Å². The van der Waals surface area contributed by atoms with Gasteiger partial charge in [0.15, 0.2) is 0 Å². The Hall–Kier alpha value is -0.710. The number of thioether (sulfide) groups is 1. The molecule has 1 aromatic rings. The van der Waals surface area contributed by atoms with E-state index >= 15 is 0 Å². The van der Waals surface area contributed by atoms with Crippen molar-refractivity contribution in [1.29, 1.82) is 0 Å². The van der Waals surface area contributed by atoms with Gasteiger partial charge in [-0.2, -0.15) is 0 Å². The molecule has 0 spiro atoms. The second-order valence-corrected chi connectivity index (χ2v) is 5.31. The van der Waals surface area contributed by atoms with E-state index in [0.29, 0.717) is 6.61 Å². The maximum Gasteiger partial charge on any atom is 0.324 e. The number of ether oxygens (including phenoxy) is 1. The van der Waals surface area contributed by atoms with Gasteiger partial charge < -0.3 is 4.74 Å². The number of hydrogen-bond donors (Lipinski definition) is 1. The molecule has 1 heterocycles. The minimum atomic E-state index is -0.208. The molecule has 0 amide bonds. The summed E-state index contributed by atoms with van der Waals surface area (Å²) >= 11 is 7.55. The van der Waals surface area contributed by atoms with Gasteiger partial charge in [-0.05, 0) is 24.6 Å². The maximum absolute atomic E-state index is 11.6. The molecule has 3 nitrogen and oxygen atoms in total. The molecular formula is C12H14ClNO2S. The van der Waals surface area contributed by atoms with Gasteiger partial charge in [0.25, 0.3) is 0 Å². The van der Waals surface area contributed by atoms with Gasteiger partial charge in [-0.25, -0.2) is 0 Å². The van der Waals surface area contributed by atoms with Crippen LogP contribution in [0.2, 0.25) is 5.02 Å². The van der Waals surface area contributed by atoms with Crippen LogP contribution in [-0.4, -0.2) is 24.4 Å². The van der Waals surface area contributed by atoms with Crippen LogP contribution in [0.15, 0.2) is 24.3 Å². The fraction of sp³-hybridized carbons (Fsp3) is 0.417. The summed E-state index contributed by atoms with van der Waals surface area (Å²) in [7, 11) is 0. The monoisotopic (exact) mass is 271 g/mol. The highest BCUT2D eigenvalue weighted by atomic mass is 35.5. The second-order valence-electron chi connectivity index (χ2n) is 3.74. The molecule has 2 rings (SSSR count). The fourth-order valence-corrected chi connectivity index (χ4v) is 3.03. The zero-order valence-corrected chi connectivity index (χ0v) is 11.1. The number of halogens is 1. The molecule has 5 heteroatoms. The van der Waals surface area contributed by atoms with Crippen LogP contribution in [0.4, 0.5) is 0 Å². The van der Waals surface area contributed by atoms with Crippen molar-refractivity contribution in [2.45, 2.75) is 18.3 Å². The average Bonchev–Trinajstić information content (AvgIpc) is 2.80. The van der Waals surface area contributed by atoms with Gasteiger partial charge in [0.2, 0.25) is 0 Å². The quantitative estimate of drug-likeness (QED) is 0.858. The lowest BCUT2D eigenvalue weighted by atomic mass is 10.2. The van der Waals surface area contributed by atoms with E-state index in [9.17, 15) is 4.79 Å². The third-order valence-corrected chi connectivity index (χ3v) is 4.05. The predicted molar refractivity (Wildman–Crippen MR) is 70.2 cm³/mol. The Labute approximate surface area is 110 Å². The lowest BCUT2D eigenvalue weighted by Crippen LogP contribution is -2.35. The van der Waals surface area contributed by atoms with Crippen LogP contribution < -0.4 is 5.32 Å². The Kier molecular flexibility index (Phi) is 4.31. The topological polar surface area (TPSA) is 38.3 Å². The molecule has 1 unspecified atom stereocenters. The van der Waals surface area contributed by atoms with Crippen LogP contribution in [0.3, 0.4) is 0 Å². The molecule has 1 aromatic carbocycles. The van der Waals surface area contributed by atoms with Gasteiger partial charge in [0, 0.05) is 10.8 Å². The van der Waals surface area contributed by atoms with Gasteiger partial charge >= 0.3 is 5.97 Å². The van der Waals surface area contributed by atoms with Crippen molar-refractivity contribution in [3.63, 3.8) is 0 Å². The number of benzene rings is 1. The van der Waals surface area contributed by atoms with Crippen molar-refractivity contribution < 1.29 is 9.53 Å². The fourth-order valence-electron chi connectivity index (χ4n) is 1.68. The Morgan fingerprint density at radius 2 is 2.24 bits per heavy atom. The van der Waals surface area contributed by atoms with Gasteiger partial charge in [-0.1, -0.05) is 23.7 Å². The summed E-state index contributed by atoms with van der Waals surface area (Å²) in [5.41, 5.74) is 1.13. The van der Waals surface area contributed by atoms with E-state index in [1.54, 1.807) is 11.8 Å². The smallest absolute Gasteiger partial charge is 0.324 e. The molecule has 92 valence electrons. The standard InChI is InChI=1S/C12H14ClNO2S/c1-2-16-12(15)10-7-17-11(14-10)8-3-5-9(13)6-4-8/h3-6,10-11,14H,2,7H2,1H3/t10-,11?/m0/s1. The first-order chi connectivity index (χ1) is 8.20. The summed E-state index contributed by atoms with van der Waals surface area (Å²) in [5.74, 6) is 0.572. The molecule has 0 bridgehead atoms. The largest absolute Gasteiger partial charge is 0.465 e. The van der Waals surface area contributed by atoms with Crippen LogP contribution in [0.5, 0.6) is 0 Å². The van der Waals surface area contributed by atoms with Crippen molar-refractivity contribution in [3.05, 3.63) is 34.9 Å².